The number of aliphatic imine (C=N–C) groups is 1. The van der Waals surface area contributed by atoms with Crippen molar-refractivity contribution in [3.05, 3.63) is 0 Å². The topological polar surface area (TPSA) is 36.9 Å². The van der Waals surface area contributed by atoms with E-state index in [1.165, 1.54) is 0 Å². The van der Waals surface area contributed by atoms with Crippen LogP contribution < -0.4 is 5.32 Å². The lowest BCUT2D eigenvalue weighted by Gasteiger charge is -1.75. The van der Waals surface area contributed by atoms with E-state index in [2.05, 4.69) is 15.0 Å². The van der Waals surface area contributed by atoms with Crippen LogP contribution in [0.1, 0.15) is 0 Å². The zero-order valence-electron chi connectivity index (χ0n) is 4.76. The van der Waals surface area contributed by atoms with Gasteiger partial charge in [0.2, 0.25) is 0 Å². The van der Waals surface area contributed by atoms with Crippen molar-refractivity contribution in [1.82, 2.24) is 5.32 Å². The lowest BCUT2D eigenvalue weighted by Crippen LogP contribution is -2.04. The number of hydrogen-bond acceptors (Lipinski definition) is 3. The highest BCUT2D eigenvalue weighted by Crippen LogP contribution is 1.84. The summed E-state index contributed by atoms with van der Waals surface area (Å²) in [6, 6.07) is 0. The first kappa shape index (κ1) is 5.56. The fourth-order valence-corrected chi connectivity index (χ4v) is 0.323. The molecule has 0 atom stereocenters. The zero-order valence-corrected chi connectivity index (χ0v) is 4.76. The third-order valence-corrected chi connectivity index (χ3v) is 0.772. The first-order chi connectivity index (χ1) is 4.00. The van der Waals surface area contributed by atoms with E-state index < -0.39 is 0 Å². The summed E-state index contributed by atoms with van der Waals surface area (Å²) < 4.78 is 4.50. The molecule has 2 heterocycles. The fraction of sp³-hybridized carbons (Fsp3) is 0.800. The van der Waals surface area contributed by atoms with Crippen molar-refractivity contribution in [2.75, 3.05) is 26.3 Å². The van der Waals surface area contributed by atoms with Crippen molar-refractivity contribution in [2.45, 2.75) is 0 Å². The predicted octanol–water partition coefficient (Wildman–Crippen LogP) is -0.366. The van der Waals surface area contributed by atoms with E-state index in [0.29, 0.717) is 0 Å². The van der Waals surface area contributed by atoms with Crippen LogP contribution >= 0.6 is 0 Å². The third kappa shape index (κ3) is 3.61. The summed E-state index contributed by atoms with van der Waals surface area (Å²) in [7, 11) is 0. The van der Waals surface area contributed by atoms with Gasteiger partial charge in [-0.1, -0.05) is 0 Å². The zero-order chi connectivity index (χ0) is 5.66. The predicted molar refractivity (Wildman–Crippen MR) is 32.2 cm³/mol. The second-order valence-electron chi connectivity index (χ2n) is 1.60. The first-order valence-electron chi connectivity index (χ1n) is 2.79. The van der Waals surface area contributed by atoms with Crippen LogP contribution in [0.2, 0.25) is 0 Å². The molecule has 3 heteroatoms. The van der Waals surface area contributed by atoms with E-state index in [1.54, 1.807) is 6.34 Å². The summed E-state index contributed by atoms with van der Waals surface area (Å²) in [5.74, 6) is 0. The lowest BCUT2D eigenvalue weighted by molar-refractivity contribution is 0.475. The molecule has 0 aromatic rings. The van der Waals surface area contributed by atoms with Crippen LogP contribution in [-0.2, 0) is 4.74 Å². The van der Waals surface area contributed by atoms with Gasteiger partial charge in [0.15, 0.2) is 0 Å². The van der Waals surface area contributed by atoms with Crippen LogP contribution in [-0.4, -0.2) is 32.6 Å². The number of rotatable bonds is 0. The van der Waals surface area contributed by atoms with Gasteiger partial charge in [0.05, 0.1) is 26.1 Å². The fourth-order valence-electron chi connectivity index (χ4n) is 0.323. The molecule has 1 N–H and O–H groups in total. The Morgan fingerprint density at radius 1 is 1.50 bits per heavy atom. The van der Waals surface area contributed by atoms with Crippen LogP contribution in [0.4, 0.5) is 0 Å². The normalized spacial score (nSPS) is 21.0. The minimum atomic E-state index is 0.958. The monoisotopic (exact) mass is 114 g/mol. The summed E-state index contributed by atoms with van der Waals surface area (Å²) in [6.45, 7) is 3.99. The minimum Gasteiger partial charge on any atom is -0.377 e. The van der Waals surface area contributed by atoms with Gasteiger partial charge in [-0.3, -0.25) is 4.99 Å². The van der Waals surface area contributed by atoms with Crippen molar-refractivity contribution in [2.24, 2.45) is 4.99 Å². The van der Waals surface area contributed by atoms with Gasteiger partial charge in [0.25, 0.3) is 0 Å². The number of ether oxygens (including phenoxy) is 1. The number of epoxide rings is 1. The Balaban J connectivity index is 0.0000000907. The first-order valence-corrected chi connectivity index (χ1v) is 2.79. The van der Waals surface area contributed by atoms with E-state index >= 15 is 0 Å². The van der Waals surface area contributed by atoms with Gasteiger partial charge in [-0.05, 0) is 0 Å². The van der Waals surface area contributed by atoms with Crippen LogP contribution in [0.15, 0.2) is 4.99 Å². The third-order valence-electron chi connectivity index (χ3n) is 0.772. The highest BCUT2D eigenvalue weighted by molar-refractivity contribution is 5.56. The molecule has 1 saturated heterocycles. The molecule has 0 radical (unpaired) electrons. The van der Waals surface area contributed by atoms with Crippen molar-refractivity contribution in [1.29, 1.82) is 0 Å². The van der Waals surface area contributed by atoms with E-state index in [0.717, 1.165) is 26.3 Å². The van der Waals surface area contributed by atoms with E-state index in [1.807, 2.05) is 0 Å². The maximum atomic E-state index is 4.50. The Labute approximate surface area is 48.8 Å². The molecule has 0 aromatic carbocycles. The molecule has 0 spiro atoms. The molecule has 2 rings (SSSR count). The van der Waals surface area contributed by atoms with Gasteiger partial charge in [-0.25, -0.2) is 0 Å². The largest absolute Gasteiger partial charge is 0.377 e. The second-order valence-corrected chi connectivity index (χ2v) is 1.60. The van der Waals surface area contributed by atoms with Crippen molar-refractivity contribution in [3.8, 4) is 0 Å². The maximum Gasteiger partial charge on any atom is 0.0825 e. The smallest absolute Gasteiger partial charge is 0.0825 e. The Kier molecular flexibility index (Phi) is 2.39. The standard InChI is InChI=1S/C3H6N2.C2H4O/c1-2-5-3-4-1;1-2-3-1/h3H,1-2H2,(H,4,5);1-2H2. The average molecular weight is 114 g/mol. The summed E-state index contributed by atoms with van der Waals surface area (Å²) in [5.41, 5.74) is 0. The van der Waals surface area contributed by atoms with Crippen LogP contribution in [0.3, 0.4) is 0 Å². The van der Waals surface area contributed by atoms with Crippen molar-refractivity contribution < 1.29 is 4.74 Å². The summed E-state index contributed by atoms with van der Waals surface area (Å²) >= 11 is 0. The Morgan fingerprint density at radius 2 is 2.25 bits per heavy atom. The molecule has 0 aromatic heterocycles. The van der Waals surface area contributed by atoms with Crippen LogP contribution in [0, 0.1) is 0 Å². The van der Waals surface area contributed by atoms with Gasteiger partial charge in [0.1, 0.15) is 0 Å². The number of hydrogen-bond donors (Lipinski definition) is 1. The molecule has 3 nitrogen and oxygen atoms in total. The molecule has 0 saturated carbocycles. The Hall–Kier alpha value is -0.570. The maximum absolute atomic E-state index is 4.50. The molecule has 0 unspecified atom stereocenters. The van der Waals surface area contributed by atoms with Crippen LogP contribution in [0.5, 0.6) is 0 Å². The van der Waals surface area contributed by atoms with Gasteiger partial charge in [-0.15, -0.1) is 0 Å². The molecule has 0 amide bonds. The lowest BCUT2D eigenvalue weighted by atomic mass is 10.7. The van der Waals surface area contributed by atoms with E-state index in [4.69, 9.17) is 0 Å². The van der Waals surface area contributed by atoms with E-state index in [9.17, 15) is 0 Å². The van der Waals surface area contributed by atoms with Crippen molar-refractivity contribution in [3.63, 3.8) is 0 Å². The summed E-state index contributed by atoms with van der Waals surface area (Å²) in [4.78, 5) is 3.85. The van der Waals surface area contributed by atoms with Crippen LogP contribution in [0.25, 0.3) is 0 Å². The Bertz CT molecular complexity index is 71.7. The highest BCUT2D eigenvalue weighted by Gasteiger charge is 1.94. The summed E-state index contributed by atoms with van der Waals surface area (Å²) in [5, 5.41) is 2.93. The van der Waals surface area contributed by atoms with Gasteiger partial charge in [-0.2, -0.15) is 0 Å². The Morgan fingerprint density at radius 3 is 2.38 bits per heavy atom. The summed E-state index contributed by atoms with van der Waals surface area (Å²) in [6.07, 6.45) is 1.74. The highest BCUT2D eigenvalue weighted by atomic mass is 16.6. The second kappa shape index (κ2) is 3.43. The molecule has 46 valence electrons. The van der Waals surface area contributed by atoms with Gasteiger partial charge < -0.3 is 10.1 Å². The van der Waals surface area contributed by atoms with Gasteiger partial charge >= 0.3 is 0 Å². The van der Waals surface area contributed by atoms with Gasteiger partial charge in [0, 0.05) is 6.54 Å². The number of nitrogens with zero attached hydrogens (tertiary/aromatic N) is 1. The molecular weight excluding hydrogens is 104 g/mol. The SMILES string of the molecule is C1=NCCN1.C1CO1. The van der Waals surface area contributed by atoms with E-state index in [-0.39, 0.29) is 0 Å². The average Bonchev–Trinajstić information content (AvgIpc) is 2.55. The molecule has 2 aliphatic rings. The quantitative estimate of drug-likeness (QED) is 0.436. The molecular formula is C5H10N2O. The minimum absolute atomic E-state index is 0.958. The molecule has 1 fully saturated rings. The number of nitrogens with one attached hydrogen (secondary N) is 1. The van der Waals surface area contributed by atoms with Crippen molar-refractivity contribution >= 4 is 6.34 Å². The molecule has 8 heavy (non-hydrogen) atoms. The molecule has 0 aliphatic carbocycles. The molecule has 0 bridgehead atoms. The molecule has 2 aliphatic heterocycles.